The van der Waals surface area contributed by atoms with E-state index in [1.807, 2.05) is 34.6 Å². The number of aliphatic imine (C=N–C) groups is 1. The lowest BCUT2D eigenvalue weighted by Gasteiger charge is -2.30. The molecule has 0 aromatic rings. The summed E-state index contributed by atoms with van der Waals surface area (Å²) >= 11 is 0. The Hall–Kier alpha value is -4.60. The number of hydrogen-bond acceptors (Lipinski definition) is 12. The van der Waals surface area contributed by atoms with Crippen LogP contribution < -0.4 is 66.3 Å². The number of carbonyl (C=O) groups excluding carboxylic acids is 7. The van der Waals surface area contributed by atoms with Crippen molar-refractivity contribution in [3.8, 4) is 0 Å². The number of nitrogens with zero attached hydrogens (tertiary/aromatic N) is 1. The first-order chi connectivity index (χ1) is 28.6. The molecule has 19 N–H and O–H groups in total. The number of carbonyl (C=O) groups is 7. The Morgan fingerprint density at radius 2 is 0.967 bits per heavy atom. The molecule has 0 aliphatic carbocycles. The van der Waals surface area contributed by atoms with Crippen LogP contribution in [0, 0.1) is 17.8 Å². The van der Waals surface area contributed by atoms with Crippen molar-refractivity contribution in [3.63, 3.8) is 0 Å². The van der Waals surface area contributed by atoms with E-state index >= 15 is 0 Å². The van der Waals surface area contributed by atoms with E-state index in [4.69, 9.17) is 34.4 Å². The Labute approximate surface area is 361 Å². The zero-order valence-electron chi connectivity index (χ0n) is 37.5. The van der Waals surface area contributed by atoms with Crippen molar-refractivity contribution in [1.29, 1.82) is 0 Å². The zero-order chi connectivity index (χ0) is 46.8. The number of nitrogens with one attached hydrogen (secondary N) is 6. The molecule has 21 heteroatoms. The number of aliphatic hydroxyl groups is 1. The Morgan fingerprint density at radius 1 is 0.541 bits per heavy atom. The standard InChI is InChI=1S/C40H79N13O8/c1-8-24(6)31(52-35(57)28(16-13-19-47-40(45)46)48-34(56)26(43)14-9-11-17-41)38(60)49-27(15-10-12-18-42)36(58)53-32(25(7)54)39(61)51-30(21-23(4)5)37(59)50-29(33(44)55)20-22(2)3/h22-32,54H,8-21,41-43H2,1-7H3,(H2,44,55)(H,48,56)(H,49,60)(H,50,59)(H,51,61)(H,52,57)(H,53,58)(H4,45,46,47)/t24-,25+,26-,27-,28-,29-,30-,31-,32-/m0/s1. The summed E-state index contributed by atoms with van der Waals surface area (Å²) in [5.41, 5.74) is 33.8. The Morgan fingerprint density at radius 3 is 1.44 bits per heavy atom. The predicted molar refractivity (Wildman–Crippen MR) is 235 cm³/mol. The van der Waals surface area contributed by atoms with E-state index in [9.17, 15) is 38.7 Å². The van der Waals surface area contributed by atoms with Gasteiger partial charge in [0.05, 0.1) is 12.1 Å². The van der Waals surface area contributed by atoms with Crippen LogP contribution >= 0.6 is 0 Å². The van der Waals surface area contributed by atoms with Gasteiger partial charge in [0.15, 0.2) is 5.96 Å². The molecule has 0 aliphatic rings. The first-order valence-corrected chi connectivity index (χ1v) is 21.6. The highest BCUT2D eigenvalue weighted by Crippen LogP contribution is 2.13. The molecule has 0 aromatic heterocycles. The maximum atomic E-state index is 14.0. The summed E-state index contributed by atoms with van der Waals surface area (Å²) in [5, 5.41) is 26.6. The summed E-state index contributed by atoms with van der Waals surface area (Å²) in [6.07, 6.45) is 2.42. The van der Waals surface area contributed by atoms with Crippen molar-refractivity contribution >= 4 is 47.3 Å². The molecule has 0 heterocycles. The summed E-state index contributed by atoms with van der Waals surface area (Å²) in [6, 6.07) is -8.15. The Balaban J connectivity index is 6.42. The van der Waals surface area contributed by atoms with Crippen molar-refractivity contribution in [2.24, 2.45) is 57.1 Å². The third-order valence-corrected chi connectivity index (χ3v) is 10.0. The van der Waals surface area contributed by atoms with Crippen LogP contribution in [0.25, 0.3) is 0 Å². The van der Waals surface area contributed by atoms with Crippen molar-refractivity contribution in [2.45, 2.75) is 167 Å². The minimum atomic E-state index is -1.57. The van der Waals surface area contributed by atoms with E-state index in [1.54, 1.807) is 6.92 Å². The smallest absolute Gasteiger partial charge is 0.245 e. The van der Waals surface area contributed by atoms with Crippen molar-refractivity contribution in [1.82, 2.24) is 31.9 Å². The molecule has 0 unspecified atom stereocenters. The number of guanidine groups is 1. The molecule has 61 heavy (non-hydrogen) atoms. The molecule has 0 spiro atoms. The topological polar surface area (TPSA) is 380 Å². The molecule has 21 nitrogen and oxygen atoms in total. The first-order valence-electron chi connectivity index (χ1n) is 21.6. The van der Waals surface area contributed by atoms with Gasteiger partial charge in [0, 0.05) is 6.54 Å². The van der Waals surface area contributed by atoms with E-state index in [1.165, 1.54) is 6.92 Å². The first kappa shape index (κ1) is 56.4. The van der Waals surface area contributed by atoms with E-state index in [0.717, 1.165) is 0 Å². The average molecular weight is 870 g/mol. The van der Waals surface area contributed by atoms with E-state index < -0.39 is 95.7 Å². The van der Waals surface area contributed by atoms with Crippen molar-refractivity contribution in [3.05, 3.63) is 0 Å². The third kappa shape index (κ3) is 23.3. The van der Waals surface area contributed by atoms with Crippen molar-refractivity contribution < 1.29 is 38.7 Å². The number of unbranched alkanes of at least 4 members (excludes halogenated alkanes) is 2. The number of amides is 7. The number of primary amides is 1. The van der Waals surface area contributed by atoms with Gasteiger partial charge in [-0.1, -0.05) is 54.4 Å². The van der Waals surface area contributed by atoms with Gasteiger partial charge in [-0.15, -0.1) is 0 Å². The molecular weight excluding hydrogens is 791 g/mol. The molecule has 0 aliphatic heterocycles. The fourth-order valence-corrected chi connectivity index (χ4v) is 6.28. The molecule has 0 fully saturated rings. The van der Waals surface area contributed by atoms with E-state index in [2.05, 4.69) is 36.9 Å². The Kier molecular flexibility index (Phi) is 28.1. The minimum absolute atomic E-state index is 0.0273. The van der Waals surface area contributed by atoms with Crippen LogP contribution in [0.4, 0.5) is 0 Å². The fourth-order valence-electron chi connectivity index (χ4n) is 6.28. The molecule has 9 atom stereocenters. The molecule has 0 saturated carbocycles. The zero-order valence-corrected chi connectivity index (χ0v) is 37.5. The van der Waals surface area contributed by atoms with Gasteiger partial charge in [-0.2, -0.15) is 0 Å². The highest BCUT2D eigenvalue weighted by molar-refractivity contribution is 5.97. The predicted octanol–water partition coefficient (Wildman–Crippen LogP) is -2.46. The monoisotopic (exact) mass is 870 g/mol. The number of hydrogen-bond donors (Lipinski definition) is 13. The SMILES string of the molecule is CC[C@H](C)[C@H](NC(=O)[C@H](CCCN=C(N)N)NC(=O)[C@@H](N)CCCCN)C(=O)N[C@@H](CCCCN)C(=O)N[C@H](C(=O)N[C@@H](CC(C)C)C(=O)N[C@@H](CC(C)C)C(N)=O)[C@@H](C)O. The number of nitrogens with two attached hydrogens (primary N) is 6. The van der Waals surface area contributed by atoms with Crippen LogP contribution in [0.2, 0.25) is 0 Å². The highest BCUT2D eigenvalue weighted by Gasteiger charge is 2.36. The molecule has 7 amide bonds. The fraction of sp³-hybridized carbons (Fsp3) is 0.800. The second-order valence-electron chi connectivity index (χ2n) is 16.6. The van der Waals surface area contributed by atoms with Crippen LogP contribution in [0.5, 0.6) is 0 Å². The lowest BCUT2D eigenvalue weighted by atomic mass is 9.96. The number of aliphatic hydroxyl groups excluding tert-OH is 1. The average Bonchev–Trinajstić information content (AvgIpc) is 3.17. The van der Waals surface area contributed by atoms with E-state index in [-0.39, 0.29) is 50.0 Å². The molecule has 0 rings (SSSR count). The van der Waals surface area contributed by atoms with E-state index in [0.29, 0.717) is 58.0 Å². The van der Waals surface area contributed by atoms with Crippen molar-refractivity contribution in [2.75, 3.05) is 19.6 Å². The van der Waals surface area contributed by atoms with Crippen LogP contribution in [0.3, 0.4) is 0 Å². The molecule has 0 bridgehead atoms. The quantitative estimate of drug-likeness (QED) is 0.0190. The molecule has 352 valence electrons. The molecule has 0 radical (unpaired) electrons. The second kappa shape index (κ2) is 30.4. The Bertz CT molecular complexity index is 1410. The van der Waals surface area contributed by atoms with Gasteiger partial charge < -0.3 is 71.4 Å². The normalized spacial score (nSPS) is 15.8. The second-order valence-corrected chi connectivity index (χ2v) is 16.6. The van der Waals surface area contributed by atoms with Gasteiger partial charge in [0.25, 0.3) is 0 Å². The molecule has 0 aromatic carbocycles. The molecular formula is C40H79N13O8. The maximum Gasteiger partial charge on any atom is 0.245 e. The van der Waals surface area contributed by atoms with Gasteiger partial charge in [-0.3, -0.25) is 38.6 Å². The number of rotatable bonds is 32. The lowest BCUT2D eigenvalue weighted by molar-refractivity contribution is -0.137. The lowest BCUT2D eigenvalue weighted by Crippen LogP contribution is -2.62. The summed E-state index contributed by atoms with van der Waals surface area (Å²) < 4.78 is 0. The van der Waals surface area contributed by atoms with Crippen LogP contribution in [-0.4, -0.2) is 120 Å². The summed E-state index contributed by atoms with van der Waals surface area (Å²) in [4.78, 5) is 97.9. The van der Waals surface area contributed by atoms with Gasteiger partial charge >= 0.3 is 0 Å². The van der Waals surface area contributed by atoms with Crippen LogP contribution in [-0.2, 0) is 33.6 Å². The largest absolute Gasteiger partial charge is 0.391 e. The van der Waals surface area contributed by atoms with Gasteiger partial charge in [-0.25, -0.2) is 0 Å². The minimum Gasteiger partial charge on any atom is -0.391 e. The van der Waals surface area contributed by atoms with Crippen LogP contribution in [0.15, 0.2) is 4.99 Å². The third-order valence-electron chi connectivity index (χ3n) is 10.0. The van der Waals surface area contributed by atoms with Crippen LogP contribution in [0.1, 0.15) is 119 Å². The summed E-state index contributed by atoms with van der Waals surface area (Å²) in [7, 11) is 0. The van der Waals surface area contributed by atoms with Gasteiger partial charge in [0.2, 0.25) is 41.4 Å². The molecule has 0 saturated heterocycles. The maximum absolute atomic E-state index is 14.0. The van der Waals surface area contributed by atoms with Gasteiger partial charge in [-0.05, 0) is 95.6 Å². The summed E-state index contributed by atoms with van der Waals surface area (Å²) in [5.74, 6) is -5.69. The summed E-state index contributed by atoms with van der Waals surface area (Å²) in [6.45, 7) is 13.1. The highest BCUT2D eigenvalue weighted by atomic mass is 16.3. The van der Waals surface area contributed by atoms with Gasteiger partial charge in [0.1, 0.15) is 36.3 Å².